The van der Waals surface area contributed by atoms with Crippen LogP contribution in [0.15, 0.2) is 0 Å². The van der Waals surface area contributed by atoms with Crippen molar-refractivity contribution in [3.05, 3.63) is 0 Å². The van der Waals surface area contributed by atoms with E-state index in [1.165, 1.54) is 12.8 Å². The summed E-state index contributed by atoms with van der Waals surface area (Å²) in [6, 6.07) is 0. The summed E-state index contributed by atoms with van der Waals surface area (Å²) in [6.07, 6.45) is 2.58. The minimum Gasteiger partial charge on any atom is -0.316 e. The molecule has 0 rings (SSSR count). The third-order valence-corrected chi connectivity index (χ3v) is 3.45. The van der Waals surface area contributed by atoms with Gasteiger partial charge in [-0.25, -0.2) is 0 Å². The molecule has 0 aromatic rings. The van der Waals surface area contributed by atoms with Crippen LogP contribution in [0.5, 0.6) is 0 Å². The Bertz CT molecular complexity index is 138. The second-order valence-electron chi connectivity index (χ2n) is 5.65. The van der Waals surface area contributed by atoms with Crippen LogP contribution in [0, 0.1) is 17.3 Å². The van der Waals surface area contributed by atoms with Gasteiger partial charge in [-0.05, 0) is 36.8 Å². The van der Waals surface area contributed by atoms with E-state index in [0.29, 0.717) is 5.41 Å². The van der Waals surface area contributed by atoms with Crippen LogP contribution in [0.25, 0.3) is 0 Å². The molecule has 1 heteroatoms. The Balaban J connectivity index is 3.65. The quantitative estimate of drug-likeness (QED) is 0.617. The SMILES string of the molecule is CCC(C)C(C)(C)CCNCC(C)C. The molecule has 0 aliphatic carbocycles. The molecule has 0 saturated heterocycles. The number of hydrogen-bond donors (Lipinski definition) is 1. The molecule has 1 atom stereocenters. The molecular weight excluding hydrogens is 170 g/mol. The Labute approximate surface area is 90.7 Å². The maximum Gasteiger partial charge on any atom is -0.00258 e. The van der Waals surface area contributed by atoms with Gasteiger partial charge in [0, 0.05) is 0 Å². The lowest BCUT2D eigenvalue weighted by molar-refractivity contribution is 0.203. The van der Waals surface area contributed by atoms with Crippen LogP contribution in [0.4, 0.5) is 0 Å². The van der Waals surface area contributed by atoms with E-state index in [1.807, 2.05) is 0 Å². The minimum atomic E-state index is 0.485. The first-order valence-electron chi connectivity index (χ1n) is 6.10. The van der Waals surface area contributed by atoms with Crippen LogP contribution < -0.4 is 5.32 Å². The Hall–Kier alpha value is -0.0400. The molecule has 0 spiro atoms. The summed E-state index contributed by atoms with van der Waals surface area (Å²) in [6.45, 7) is 16.2. The number of rotatable bonds is 7. The first kappa shape index (κ1) is 14.0. The standard InChI is InChI=1S/C13H29N/c1-7-12(4)13(5,6)8-9-14-10-11(2)3/h11-12,14H,7-10H2,1-6H3. The van der Waals surface area contributed by atoms with Gasteiger partial charge in [-0.1, -0.05) is 48.0 Å². The zero-order valence-electron chi connectivity index (χ0n) is 11.0. The van der Waals surface area contributed by atoms with Crippen molar-refractivity contribution in [3.63, 3.8) is 0 Å². The van der Waals surface area contributed by atoms with Crippen LogP contribution in [0.2, 0.25) is 0 Å². The Morgan fingerprint density at radius 3 is 2.14 bits per heavy atom. The van der Waals surface area contributed by atoms with E-state index in [-0.39, 0.29) is 0 Å². The van der Waals surface area contributed by atoms with Gasteiger partial charge in [0.25, 0.3) is 0 Å². The molecule has 0 aliphatic heterocycles. The van der Waals surface area contributed by atoms with Crippen molar-refractivity contribution in [3.8, 4) is 0 Å². The molecule has 86 valence electrons. The highest BCUT2D eigenvalue weighted by atomic mass is 14.9. The van der Waals surface area contributed by atoms with Gasteiger partial charge in [-0.3, -0.25) is 0 Å². The topological polar surface area (TPSA) is 12.0 Å². The van der Waals surface area contributed by atoms with E-state index in [1.54, 1.807) is 0 Å². The van der Waals surface area contributed by atoms with E-state index < -0.39 is 0 Å². The number of hydrogen-bond acceptors (Lipinski definition) is 1. The lowest BCUT2D eigenvalue weighted by atomic mass is 9.76. The van der Waals surface area contributed by atoms with Gasteiger partial charge in [-0.2, -0.15) is 0 Å². The molecular formula is C13H29N. The summed E-state index contributed by atoms with van der Waals surface area (Å²) in [5.74, 6) is 1.59. The largest absolute Gasteiger partial charge is 0.316 e. The van der Waals surface area contributed by atoms with Crippen molar-refractivity contribution in [2.75, 3.05) is 13.1 Å². The zero-order chi connectivity index (χ0) is 11.2. The Morgan fingerprint density at radius 2 is 1.71 bits per heavy atom. The molecule has 0 saturated carbocycles. The van der Waals surface area contributed by atoms with E-state index >= 15 is 0 Å². The molecule has 1 nitrogen and oxygen atoms in total. The molecule has 0 radical (unpaired) electrons. The van der Waals surface area contributed by atoms with Gasteiger partial charge >= 0.3 is 0 Å². The maximum atomic E-state index is 3.52. The van der Waals surface area contributed by atoms with Gasteiger partial charge in [0.2, 0.25) is 0 Å². The molecule has 0 amide bonds. The van der Waals surface area contributed by atoms with Crippen LogP contribution in [-0.2, 0) is 0 Å². The van der Waals surface area contributed by atoms with E-state index in [9.17, 15) is 0 Å². The fraction of sp³-hybridized carbons (Fsp3) is 1.00. The van der Waals surface area contributed by atoms with Gasteiger partial charge in [-0.15, -0.1) is 0 Å². The molecule has 0 fully saturated rings. The summed E-state index contributed by atoms with van der Waals surface area (Å²) >= 11 is 0. The third-order valence-electron chi connectivity index (χ3n) is 3.45. The van der Waals surface area contributed by atoms with E-state index in [0.717, 1.165) is 24.9 Å². The molecule has 0 aliphatic rings. The average molecular weight is 199 g/mol. The summed E-state index contributed by atoms with van der Waals surface area (Å²) in [7, 11) is 0. The normalized spacial score (nSPS) is 14.8. The first-order valence-corrected chi connectivity index (χ1v) is 6.10. The van der Waals surface area contributed by atoms with Crippen molar-refractivity contribution in [1.29, 1.82) is 0 Å². The monoisotopic (exact) mass is 199 g/mol. The van der Waals surface area contributed by atoms with E-state index in [4.69, 9.17) is 0 Å². The number of nitrogens with one attached hydrogen (secondary N) is 1. The molecule has 0 aromatic heterocycles. The van der Waals surface area contributed by atoms with Gasteiger partial charge in [0.1, 0.15) is 0 Å². The van der Waals surface area contributed by atoms with Crippen LogP contribution in [0.3, 0.4) is 0 Å². The summed E-state index contributed by atoms with van der Waals surface area (Å²) in [5.41, 5.74) is 0.485. The van der Waals surface area contributed by atoms with Gasteiger partial charge in [0.05, 0.1) is 0 Å². The van der Waals surface area contributed by atoms with Crippen molar-refractivity contribution in [1.82, 2.24) is 5.32 Å². The summed E-state index contributed by atoms with van der Waals surface area (Å²) in [5, 5.41) is 3.52. The first-order chi connectivity index (χ1) is 6.40. The van der Waals surface area contributed by atoms with Crippen LogP contribution in [-0.4, -0.2) is 13.1 Å². The fourth-order valence-corrected chi connectivity index (χ4v) is 1.60. The average Bonchev–Trinajstić information content (AvgIpc) is 2.10. The highest BCUT2D eigenvalue weighted by Gasteiger charge is 2.23. The molecule has 0 heterocycles. The predicted octanol–water partition coefficient (Wildman–Crippen LogP) is 3.69. The van der Waals surface area contributed by atoms with Crippen LogP contribution >= 0.6 is 0 Å². The molecule has 1 unspecified atom stereocenters. The molecule has 1 N–H and O–H groups in total. The smallest absolute Gasteiger partial charge is 0.00258 e. The lowest BCUT2D eigenvalue weighted by Gasteiger charge is -2.31. The summed E-state index contributed by atoms with van der Waals surface area (Å²) < 4.78 is 0. The second kappa shape index (κ2) is 6.44. The fourth-order valence-electron chi connectivity index (χ4n) is 1.60. The second-order valence-corrected chi connectivity index (χ2v) is 5.65. The Kier molecular flexibility index (Phi) is 6.43. The van der Waals surface area contributed by atoms with E-state index in [2.05, 4.69) is 46.9 Å². The predicted molar refractivity (Wildman–Crippen MR) is 65.6 cm³/mol. The zero-order valence-corrected chi connectivity index (χ0v) is 11.0. The molecule has 0 aromatic carbocycles. The van der Waals surface area contributed by atoms with Gasteiger partial charge in [0.15, 0.2) is 0 Å². The lowest BCUT2D eigenvalue weighted by Crippen LogP contribution is -2.29. The third kappa shape index (κ3) is 5.64. The Morgan fingerprint density at radius 1 is 1.14 bits per heavy atom. The molecule has 14 heavy (non-hydrogen) atoms. The van der Waals surface area contributed by atoms with Crippen molar-refractivity contribution < 1.29 is 0 Å². The molecule has 0 bridgehead atoms. The van der Waals surface area contributed by atoms with Crippen molar-refractivity contribution >= 4 is 0 Å². The van der Waals surface area contributed by atoms with Crippen molar-refractivity contribution in [2.24, 2.45) is 17.3 Å². The minimum absolute atomic E-state index is 0.485. The maximum absolute atomic E-state index is 3.52. The van der Waals surface area contributed by atoms with Crippen molar-refractivity contribution in [2.45, 2.75) is 54.4 Å². The summed E-state index contributed by atoms with van der Waals surface area (Å²) in [4.78, 5) is 0. The van der Waals surface area contributed by atoms with Crippen LogP contribution in [0.1, 0.15) is 54.4 Å². The highest BCUT2D eigenvalue weighted by molar-refractivity contribution is 4.75. The highest BCUT2D eigenvalue weighted by Crippen LogP contribution is 2.31. The van der Waals surface area contributed by atoms with Gasteiger partial charge < -0.3 is 5.32 Å².